The van der Waals surface area contributed by atoms with Gasteiger partial charge in [-0.05, 0) is 17.1 Å². The van der Waals surface area contributed by atoms with Gasteiger partial charge >= 0.3 is 7.12 Å². The molecule has 0 unspecified atom stereocenters. The first kappa shape index (κ1) is 17.0. The van der Waals surface area contributed by atoms with E-state index in [-0.39, 0.29) is 0 Å². The molecule has 5 nitrogen and oxygen atoms in total. The van der Waals surface area contributed by atoms with E-state index in [0.717, 1.165) is 11.1 Å². The lowest BCUT2D eigenvalue weighted by molar-refractivity contribution is 0.426. The molecule has 2 aromatic carbocycles. The molecule has 0 aliphatic rings. The smallest absolute Gasteiger partial charge is 0.423 e. The van der Waals surface area contributed by atoms with Crippen LogP contribution in [0.5, 0.6) is 0 Å². The van der Waals surface area contributed by atoms with Crippen LogP contribution in [0.25, 0.3) is 11.1 Å². The van der Waals surface area contributed by atoms with E-state index in [2.05, 4.69) is 10.2 Å². The van der Waals surface area contributed by atoms with Gasteiger partial charge in [0.25, 0.3) is 0 Å². The Kier molecular flexibility index (Phi) is 6.11. The second kappa shape index (κ2) is 8.29. The summed E-state index contributed by atoms with van der Waals surface area (Å²) in [7, 11) is -1.34. The van der Waals surface area contributed by atoms with Crippen molar-refractivity contribution < 1.29 is 10.0 Å². The molecule has 1 aromatic heterocycles. The van der Waals surface area contributed by atoms with Gasteiger partial charge in [0.2, 0.25) is 0 Å². The van der Waals surface area contributed by atoms with Gasteiger partial charge in [-0.15, -0.1) is 10.2 Å². The van der Waals surface area contributed by atoms with Crippen LogP contribution in [0.15, 0.2) is 66.7 Å². The third-order valence-corrected chi connectivity index (χ3v) is 3.16. The van der Waals surface area contributed by atoms with Crippen molar-refractivity contribution in [3.8, 4) is 11.1 Å². The van der Waals surface area contributed by atoms with Crippen LogP contribution in [0.4, 0.5) is 5.82 Å². The van der Waals surface area contributed by atoms with Crippen molar-refractivity contribution in [3.63, 3.8) is 0 Å². The maximum Gasteiger partial charge on any atom is 0.488 e. The Labute approximate surface area is 139 Å². The van der Waals surface area contributed by atoms with Gasteiger partial charge in [0.1, 0.15) is 0 Å². The molecule has 0 saturated heterocycles. The molecule has 1 heterocycles. The topological polar surface area (TPSA) is 92.3 Å². The normalized spacial score (nSPS) is 9.70. The molecule has 0 aliphatic heterocycles. The minimum absolute atomic E-state index is 0.345. The molecule has 0 aliphatic carbocycles. The molecule has 3 rings (SSSR count). The van der Waals surface area contributed by atoms with Crippen LogP contribution >= 0.6 is 11.6 Å². The molecule has 4 N–H and O–H groups in total. The third kappa shape index (κ3) is 5.07. The fourth-order valence-corrected chi connectivity index (χ4v) is 2.00. The molecule has 23 heavy (non-hydrogen) atoms. The molecule has 7 heteroatoms. The van der Waals surface area contributed by atoms with E-state index in [1.807, 2.05) is 36.4 Å². The van der Waals surface area contributed by atoms with E-state index in [0.29, 0.717) is 16.4 Å². The first-order chi connectivity index (χ1) is 11.1. The molecule has 0 bridgehead atoms. The summed E-state index contributed by atoms with van der Waals surface area (Å²) < 4.78 is 0. The summed E-state index contributed by atoms with van der Waals surface area (Å²) in [6.45, 7) is 0. The van der Waals surface area contributed by atoms with E-state index in [4.69, 9.17) is 27.4 Å². The van der Waals surface area contributed by atoms with Gasteiger partial charge in [-0.3, -0.25) is 0 Å². The molecule has 3 aromatic rings. The first-order valence-corrected chi connectivity index (χ1v) is 7.21. The lowest BCUT2D eigenvalue weighted by atomic mass is 9.81. The minimum atomic E-state index is -1.34. The Morgan fingerprint density at radius 3 is 1.96 bits per heavy atom. The average molecular weight is 328 g/mol. The van der Waals surface area contributed by atoms with Crippen LogP contribution in [-0.4, -0.2) is 27.4 Å². The van der Waals surface area contributed by atoms with Gasteiger partial charge in [-0.25, -0.2) is 0 Å². The Hall–Kier alpha value is -2.41. The highest BCUT2D eigenvalue weighted by Gasteiger charge is 2.07. The maximum atomic E-state index is 8.58. The summed E-state index contributed by atoms with van der Waals surface area (Å²) >= 11 is 5.74. The van der Waals surface area contributed by atoms with E-state index < -0.39 is 7.12 Å². The van der Waals surface area contributed by atoms with Gasteiger partial charge in [0, 0.05) is 5.56 Å². The zero-order valence-corrected chi connectivity index (χ0v) is 12.9. The van der Waals surface area contributed by atoms with Gasteiger partial charge in [-0.1, -0.05) is 72.3 Å². The highest BCUT2D eigenvalue weighted by Crippen LogP contribution is 2.25. The van der Waals surface area contributed by atoms with Gasteiger partial charge in [-0.2, -0.15) is 0 Å². The molecule has 0 radical (unpaired) electrons. The van der Waals surface area contributed by atoms with Crippen LogP contribution in [-0.2, 0) is 0 Å². The predicted octanol–water partition coefficient (Wildman–Crippen LogP) is 1.75. The van der Waals surface area contributed by atoms with Crippen molar-refractivity contribution in [2.75, 3.05) is 5.73 Å². The van der Waals surface area contributed by atoms with Crippen molar-refractivity contribution in [2.45, 2.75) is 0 Å². The van der Waals surface area contributed by atoms with Crippen molar-refractivity contribution in [1.82, 2.24) is 10.2 Å². The molecule has 0 atom stereocenters. The number of nitrogen functional groups attached to an aromatic ring is 1. The lowest BCUT2D eigenvalue weighted by Gasteiger charge is -2.03. The van der Waals surface area contributed by atoms with Crippen LogP contribution in [0.3, 0.4) is 0 Å². The predicted molar refractivity (Wildman–Crippen MR) is 93.2 cm³/mol. The second-order valence-corrected chi connectivity index (χ2v) is 5.00. The second-order valence-electron chi connectivity index (χ2n) is 4.62. The fourth-order valence-electron chi connectivity index (χ4n) is 1.85. The average Bonchev–Trinajstić information content (AvgIpc) is 2.59. The number of anilines is 1. The number of halogens is 1. The zero-order valence-electron chi connectivity index (χ0n) is 12.2. The van der Waals surface area contributed by atoms with E-state index in [1.165, 1.54) is 0 Å². The number of aromatic nitrogens is 2. The van der Waals surface area contributed by atoms with Crippen LogP contribution in [0.1, 0.15) is 0 Å². The SMILES string of the molecule is Nc1nnc(Cl)cc1-c1ccccc1.OB(O)c1ccccc1. The number of benzene rings is 2. The minimum Gasteiger partial charge on any atom is -0.423 e. The number of nitrogens with zero attached hydrogens (tertiary/aromatic N) is 2. The van der Waals surface area contributed by atoms with E-state index >= 15 is 0 Å². The molecule has 0 amide bonds. The molecule has 0 saturated carbocycles. The Morgan fingerprint density at radius 1 is 0.870 bits per heavy atom. The third-order valence-electron chi connectivity index (χ3n) is 2.98. The maximum absolute atomic E-state index is 8.58. The summed E-state index contributed by atoms with van der Waals surface area (Å²) in [5.74, 6) is 0.389. The quantitative estimate of drug-likeness (QED) is 0.624. The molecule has 0 fully saturated rings. The number of hydrogen-bond donors (Lipinski definition) is 3. The first-order valence-electron chi connectivity index (χ1n) is 6.83. The Balaban J connectivity index is 0.000000185. The highest BCUT2D eigenvalue weighted by atomic mass is 35.5. The Morgan fingerprint density at radius 2 is 1.43 bits per heavy atom. The summed E-state index contributed by atoms with van der Waals surface area (Å²) in [6, 6.07) is 20.1. The number of nitrogens with two attached hydrogens (primary N) is 1. The van der Waals surface area contributed by atoms with Crippen molar-refractivity contribution >= 4 is 30.0 Å². The molecule has 0 spiro atoms. The summed E-state index contributed by atoms with van der Waals surface area (Å²) in [4.78, 5) is 0. The fraction of sp³-hybridized carbons (Fsp3) is 0. The van der Waals surface area contributed by atoms with Crippen molar-refractivity contribution in [2.24, 2.45) is 0 Å². The Bertz CT molecular complexity index is 743. The van der Waals surface area contributed by atoms with E-state index in [1.54, 1.807) is 30.3 Å². The van der Waals surface area contributed by atoms with Crippen molar-refractivity contribution in [3.05, 3.63) is 71.9 Å². The van der Waals surface area contributed by atoms with Crippen molar-refractivity contribution in [1.29, 1.82) is 0 Å². The summed E-state index contributed by atoms with van der Waals surface area (Å²) in [5.41, 5.74) is 8.01. The van der Waals surface area contributed by atoms with Crippen LogP contribution < -0.4 is 11.2 Å². The lowest BCUT2D eigenvalue weighted by Crippen LogP contribution is -2.29. The standard InChI is InChI=1S/C10H8ClN3.C6H7BO2/c11-9-6-8(10(12)14-13-9)7-4-2-1-3-5-7;8-7(9)6-4-2-1-3-5-6/h1-6H,(H2,12,14);1-5,8-9H. The largest absolute Gasteiger partial charge is 0.488 e. The van der Waals surface area contributed by atoms with Crippen LogP contribution in [0, 0.1) is 0 Å². The van der Waals surface area contributed by atoms with Gasteiger partial charge in [0.05, 0.1) is 0 Å². The zero-order chi connectivity index (χ0) is 16.7. The summed E-state index contributed by atoms with van der Waals surface area (Å²) in [6.07, 6.45) is 0. The molecular formula is C16H15BClN3O2. The van der Waals surface area contributed by atoms with Gasteiger partial charge < -0.3 is 15.8 Å². The molecule has 116 valence electrons. The van der Waals surface area contributed by atoms with E-state index in [9.17, 15) is 0 Å². The number of hydrogen-bond acceptors (Lipinski definition) is 5. The molecular weight excluding hydrogens is 312 g/mol. The van der Waals surface area contributed by atoms with Gasteiger partial charge in [0.15, 0.2) is 11.0 Å². The van der Waals surface area contributed by atoms with Crippen LogP contribution in [0.2, 0.25) is 5.15 Å². The number of rotatable bonds is 2. The highest BCUT2D eigenvalue weighted by molar-refractivity contribution is 6.58. The monoisotopic (exact) mass is 327 g/mol. The summed E-state index contributed by atoms with van der Waals surface area (Å²) in [5, 5.41) is 24.9.